The maximum atomic E-state index is 13.7. The van der Waals surface area contributed by atoms with Gasteiger partial charge >= 0.3 is 6.18 Å². The standard InChI is InChI=1S/C24H22Cl3F3N2O2/c1-3-31-22(34)23(8-9-23)32-21(33)16-6-4-14(10-13(16)2)5-7-17(24(28,29)30)15-11-18(25)20(27)19(26)12-15/h4-7,10-12,17H,3,8-9H2,1-2H3,(H,31,34)(H,32,33)/b7-5+. The SMILES string of the molecule is CCNC(=O)C1(NC(=O)c2ccc(/C=C/C(c3cc(Cl)c(Cl)c(Cl)c3)C(F)(F)F)cc2C)CC1. The van der Waals surface area contributed by atoms with Crippen molar-refractivity contribution < 1.29 is 22.8 Å². The Morgan fingerprint density at radius 3 is 2.24 bits per heavy atom. The summed E-state index contributed by atoms with van der Waals surface area (Å²) in [5.41, 5.74) is 0.346. The fourth-order valence-corrected chi connectivity index (χ4v) is 4.18. The Balaban J connectivity index is 1.81. The van der Waals surface area contributed by atoms with Crippen LogP contribution in [0.5, 0.6) is 0 Å². The normalized spacial score (nSPS) is 15.8. The molecule has 182 valence electrons. The second-order valence-corrected chi connectivity index (χ2v) is 9.34. The molecule has 34 heavy (non-hydrogen) atoms. The summed E-state index contributed by atoms with van der Waals surface area (Å²) in [7, 11) is 0. The number of nitrogens with one attached hydrogen (secondary N) is 2. The van der Waals surface area contributed by atoms with Crippen LogP contribution in [-0.2, 0) is 4.79 Å². The van der Waals surface area contributed by atoms with Crippen molar-refractivity contribution in [2.45, 2.75) is 44.3 Å². The van der Waals surface area contributed by atoms with Crippen LogP contribution in [0, 0.1) is 6.92 Å². The Labute approximate surface area is 210 Å². The van der Waals surface area contributed by atoms with E-state index < -0.39 is 23.5 Å². The highest BCUT2D eigenvalue weighted by atomic mass is 35.5. The lowest BCUT2D eigenvalue weighted by molar-refractivity contribution is -0.139. The molecule has 2 aromatic carbocycles. The molecular formula is C24H22Cl3F3N2O2. The highest BCUT2D eigenvalue weighted by Gasteiger charge is 2.51. The minimum atomic E-state index is -4.59. The average molecular weight is 534 g/mol. The number of carbonyl (C=O) groups excluding carboxylic acids is 2. The van der Waals surface area contributed by atoms with Gasteiger partial charge < -0.3 is 10.6 Å². The number of benzene rings is 2. The first-order chi connectivity index (χ1) is 15.9. The molecule has 4 nitrogen and oxygen atoms in total. The molecule has 1 saturated carbocycles. The number of rotatable bonds is 7. The lowest BCUT2D eigenvalue weighted by Crippen LogP contribution is -2.49. The third-order valence-electron chi connectivity index (χ3n) is 5.57. The van der Waals surface area contributed by atoms with Crippen molar-refractivity contribution in [3.8, 4) is 0 Å². The molecule has 0 spiro atoms. The third kappa shape index (κ3) is 5.88. The van der Waals surface area contributed by atoms with Crippen molar-refractivity contribution in [3.63, 3.8) is 0 Å². The molecule has 1 fully saturated rings. The van der Waals surface area contributed by atoms with Crippen LogP contribution in [0.25, 0.3) is 6.08 Å². The van der Waals surface area contributed by atoms with Gasteiger partial charge in [0.1, 0.15) is 5.54 Å². The number of hydrogen-bond donors (Lipinski definition) is 2. The third-order valence-corrected chi connectivity index (χ3v) is 6.77. The summed E-state index contributed by atoms with van der Waals surface area (Å²) in [4.78, 5) is 24.9. The predicted molar refractivity (Wildman–Crippen MR) is 129 cm³/mol. The van der Waals surface area contributed by atoms with Crippen molar-refractivity contribution in [1.82, 2.24) is 10.6 Å². The van der Waals surface area contributed by atoms with E-state index in [4.69, 9.17) is 34.8 Å². The van der Waals surface area contributed by atoms with Crippen LogP contribution in [0.3, 0.4) is 0 Å². The molecule has 0 bridgehead atoms. The fourth-order valence-electron chi connectivity index (χ4n) is 3.56. The lowest BCUT2D eigenvalue weighted by atomic mass is 9.96. The molecule has 2 N–H and O–H groups in total. The molecule has 1 aliphatic rings. The molecule has 0 aromatic heterocycles. The lowest BCUT2D eigenvalue weighted by Gasteiger charge is -2.19. The number of allylic oxidation sites excluding steroid dienone is 1. The molecule has 3 rings (SSSR count). The second-order valence-electron chi connectivity index (χ2n) is 8.15. The van der Waals surface area contributed by atoms with Crippen LogP contribution in [-0.4, -0.2) is 30.1 Å². The highest BCUT2D eigenvalue weighted by molar-refractivity contribution is 6.48. The molecule has 10 heteroatoms. The molecule has 2 aromatic rings. The van der Waals surface area contributed by atoms with Crippen LogP contribution >= 0.6 is 34.8 Å². The minimum Gasteiger partial charge on any atom is -0.354 e. The van der Waals surface area contributed by atoms with Gasteiger partial charge in [0.15, 0.2) is 0 Å². The monoisotopic (exact) mass is 532 g/mol. The number of aryl methyl sites for hydroxylation is 1. The van der Waals surface area contributed by atoms with Crippen molar-refractivity contribution in [3.05, 3.63) is 73.7 Å². The van der Waals surface area contributed by atoms with Crippen LogP contribution in [0.15, 0.2) is 36.4 Å². The zero-order chi connectivity index (χ0) is 25.3. The van der Waals surface area contributed by atoms with Crippen molar-refractivity contribution in [1.29, 1.82) is 0 Å². The van der Waals surface area contributed by atoms with Gasteiger partial charge in [-0.05, 0) is 61.6 Å². The van der Waals surface area contributed by atoms with Crippen LogP contribution < -0.4 is 10.6 Å². The number of amides is 2. The molecule has 1 aliphatic carbocycles. The number of hydrogen-bond acceptors (Lipinski definition) is 2. The van der Waals surface area contributed by atoms with Crippen LogP contribution in [0.2, 0.25) is 15.1 Å². The molecule has 0 aliphatic heterocycles. The molecule has 0 saturated heterocycles. The Morgan fingerprint density at radius 2 is 1.74 bits per heavy atom. The first-order valence-electron chi connectivity index (χ1n) is 10.5. The summed E-state index contributed by atoms with van der Waals surface area (Å²) >= 11 is 17.7. The maximum Gasteiger partial charge on any atom is 0.399 e. The van der Waals surface area contributed by atoms with Gasteiger partial charge in [0.2, 0.25) is 5.91 Å². The van der Waals surface area contributed by atoms with Crippen molar-refractivity contribution in [2.75, 3.05) is 6.54 Å². The van der Waals surface area contributed by atoms with Gasteiger partial charge in [0, 0.05) is 12.1 Å². The Hall–Kier alpha value is -2.22. The first kappa shape index (κ1) is 26.4. The molecule has 1 atom stereocenters. The molecule has 2 amide bonds. The summed E-state index contributed by atoms with van der Waals surface area (Å²) in [6.45, 7) is 3.94. The van der Waals surface area contributed by atoms with Crippen LogP contribution in [0.1, 0.15) is 52.7 Å². The molecule has 0 radical (unpaired) electrons. The smallest absolute Gasteiger partial charge is 0.354 e. The second kappa shape index (κ2) is 10.2. The van der Waals surface area contributed by atoms with E-state index in [0.717, 1.165) is 18.2 Å². The van der Waals surface area contributed by atoms with Crippen molar-refractivity contribution >= 4 is 52.7 Å². The van der Waals surface area contributed by atoms with Crippen molar-refractivity contribution in [2.24, 2.45) is 0 Å². The van der Waals surface area contributed by atoms with E-state index in [9.17, 15) is 22.8 Å². The van der Waals surface area contributed by atoms with Gasteiger partial charge in [0.25, 0.3) is 5.91 Å². The van der Waals surface area contributed by atoms with E-state index in [1.165, 1.54) is 12.1 Å². The summed E-state index contributed by atoms with van der Waals surface area (Å²) < 4.78 is 41.2. The molecular weight excluding hydrogens is 512 g/mol. The van der Waals surface area contributed by atoms with E-state index >= 15 is 0 Å². The molecule has 1 unspecified atom stereocenters. The van der Waals surface area contributed by atoms with Gasteiger partial charge in [-0.2, -0.15) is 13.2 Å². The highest BCUT2D eigenvalue weighted by Crippen LogP contribution is 2.41. The quantitative estimate of drug-likeness (QED) is 0.389. The molecule has 0 heterocycles. The summed E-state index contributed by atoms with van der Waals surface area (Å²) in [5, 5.41) is 5.34. The number of alkyl halides is 3. The zero-order valence-corrected chi connectivity index (χ0v) is 20.6. The van der Waals surface area contributed by atoms with E-state index in [1.54, 1.807) is 26.0 Å². The number of likely N-dealkylation sites (N-methyl/N-ethyl adjacent to an activating group) is 1. The average Bonchev–Trinajstić information content (AvgIpc) is 3.52. The number of halogens is 6. The van der Waals surface area contributed by atoms with E-state index in [-0.39, 0.29) is 26.5 Å². The Bertz CT molecular complexity index is 1120. The minimum absolute atomic E-state index is 0.0124. The van der Waals surface area contributed by atoms with E-state index in [0.29, 0.717) is 36.1 Å². The summed E-state index contributed by atoms with van der Waals surface area (Å²) in [5.74, 6) is -2.59. The van der Waals surface area contributed by atoms with Gasteiger partial charge in [0.05, 0.1) is 21.0 Å². The van der Waals surface area contributed by atoms with Gasteiger partial charge in [-0.15, -0.1) is 0 Å². The summed E-state index contributed by atoms with van der Waals surface area (Å²) in [6, 6.07) is 6.95. The predicted octanol–water partition coefficient (Wildman–Crippen LogP) is 6.71. The fraction of sp³-hybridized carbons (Fsp3) is 0.333. The van der Waals surface area contributed by atoms with E-state index in [1.807, 2.05) is 0 Å². The van der Waals surface area contributed by atoms with Crippen LogP contribution in [0.4, 0.5) is 13.2 Å². The topological polar surface area (TPSA) is 58.2 Å². The number of carbonyl (C=O) groups is 2. The van der Waals surface area contributed by atoms with Gasteiger partial charge in [-0.3, -0.25) is 9.59 Å². The largest absolute Gasteiger partial charge is 0.399 e. The summed E-state index contributed by atoms with van der Waals surface area (Å²) in [6.07, 6.45) is -1.16. The zero-order valence-electron chi connectivity index (χ0n) is 18.3. The maximum absolute atomic E-state index is 13.7. The van der Waals surface area contributed by atoms with Gasteiger partial charge in [-0.1, -0.05) is 59.1 Å². The Kier molecular flexibility index (Phi) is 7.90. The van der Waals surface area contributed by atoms with Gasteiger partial charge in [-0.25, -0.2) is 0 Å². The Morgan fingerprint density at radius 1 is 1.12 bits per heavy atom. The van der Waals surface area contributed by atoms with E-state index in [2.05, 4.69) is 10.6 Å². The first-order valence-corrected chi connectivity index (χ1v) is 11.6.